The molecule has 0 unspecified atom stereocenters. The van der Waals surface area contributed by atoms with E-state index in [0.29, 0.717) is 28.4 Å². The van der Waals surface area contributed by atoms with Crippen molar-refractivity contribution >= 4 is 11.9 Å². The topological polar surface area (TPSA) is 111 Å². The van der Waals surface area contributed by atoms with Gasteiger partial charge in [0.15, 0.2) is 11.5 Å². The Kier molecular flexibility index (Phi) is 3.65. The summed E-state index contributed by atoms with van der Waals surface area (Å²) in [5.41, 5.74) is 1.16. The third kappa shape index (κ3) is 2.59. The minimum atomic E-state index is -1.13. The molecule has 0 aliphatic carbocycles. The van der Waals surface area contributed by atoms with Crippen LogP contribution in [-0.2, 0) is 11.4 Å². The molecule has 8 heteroatoms. The average Bonchev–Trinajstić information content (AvgIpc) is 2.98. The highest BCUT2D eigenvalue weighted by molar-refractivity contribution is 5.97. The number of carboxylic acids is 1. The van der Waals surface area contributed by atoms with Crippen LogP contribution in [0.1, 0.15) is 23.0 Å². The van der Waals surface area contributed by atoms with E-state index in [1.54, 1.807) is 25.3 Å². The van der Waals surface area contributed by atoms with Crippen molar-refractivity contribution in [2.45, 2.75) is 19.6 Å². The van der Waals surface area contributed by atoms with E-state index in [-0.39, 0.29) is 12.3 Å². The van der Waals surface area contributed by atoms with Gasteiger partial charge in [0.25, 0.3) is 5.91 Å². The zero-order chi connectivity index (χ0) is 16.6. The quantitative estimate of drug-likeness (QED) is 0.877. The van der Waals surface area contributed by atoms with Gasteiger partial charge in [-0.1, -0.05) is 5.16 Å². The summed E-state index contributed by atoms with van der Waals surface area (Å²) in [7, 11) is 1.55. The van der Waals surface area contributed by atoms with Crippen LogP contribution in [0.2, 0.25) is 0 Å². The number of aliphatic carboxylic acids is 1. The van der Waals surface area contributed by atoms with Crippen LogP contribution in [0, 0.1) is 0 Å². The molecule has 0 bridgehead atoms. The number of ether oxygens (including phenoxy) is 2. The zero-order valence-electron chi connectivity index (χ0n) is 12.5. The minimum absolute atomic E-state index is 0.0227. The molecule has 0 radical (unpaired) electrons. The molecular weight excluding hydrogens is 304 g/mol. The molecule has 2 N–H and O–H groups in total. The molecular formula is C15H14N2O6. The first-order valence-corrected chi connectivity index (χ1v) is 6.84. The number of nitrogens with one attached hydrogen (secondary N) is 1. The molecule has 23 heavy (non-hydrogen) atoms. The van der Waals surface area contributed by atoms with Crippen molar-refractivity contribution < 1.29 is 28.7 Å². The fourth-order valence-electron chi connectivity index (χ4n) is 2.25. The first-order valence-electron chi connectivity index (χ1n) is 6.84. The molecule has 0 saturated heterocycles. The van der Waals surface area contributed by atoms with Crippen LogP contribution >= 0.6 is 0 Å². The van der Waals surface area contributed by atoms with Crippen LogP contribution < -0.4 is 14.8 Å². The Morgan fingerprint density at radius 1 is 1.43 bits per heavy atom. The van der Waals surface area contributed by atoms with Crippen LogP contribution in [0.15, 0.2) is 22.7 Å². The van der Waals surface area contributed by atoms with E-state index in [9.17, 15) is 9.59 Å². The summed E-state index contributed by atoms with van der Waals surface area (Å²) in [5.74, 6) is -0.115. The highest BCUT2D eigenvalue weighted by Gasteiger charge is 2.30. The van der Waals surface area contributed by atoms with E-state index in [1.165, 1.54) is 6.92 Å². The molecule has 120 valence electrons. The van der Waals surface area contributed by atoms with Gasteiger partial charge in [-0.05, 0) is 19.1 Å². The van der Waals surface area contributed by atoms with Gasteiger partial charge in [0.05, 0.1) is 18.2 Å². The van der Waals surface area contributed by atoms with Crippen molar-refractivity contribution in [3.05, 3.63) is 29.5 Å². The Balaban J connectivity index is 1.93. The molecule has 1 aliphatic heterocycles. The van der Waals surface area contributed by atoms with Crippen LogP contribution in [-0.4, -0.2) is 35.3 Å². The number of carbonyl (C=O) groups excluding carboxylic acids is 1. The van der Waals surface area contributed by atoms with Gasteiger partial charge in [-0.25, -0.2) is 0 Å². The summed E-state index contributed by atoms with van der Waals surface area (Å²) in [5, 5.41) is 14.9. The first kappa shape index (κ1) is 14.9. The number of amides is 1. The maximum atomic E-state index is 12.1. The number of aromatic nitrogens is 1. The second kappa shape index (κ2) is 5.64. The molecule has 0 saturated carbocycles. The summed E-state index contributed by atoms with van der Waals surface area (Å²) in [6.45, 7) is 1.47. The lowest BCUT2D eigenvalue weighted by molar-refractivity contribution is -0.138. The Morgan fingerprint density at radius 3 is 2.91 bits per heavy atom. The van der Waals surface area contributed by atoms with E-state index in [0.717, 1.165) is 0 Å². The summed E-state index contributed by atoms with van der Waals surface area (Å²) in [6, 6.07) is 4.17. The summed E-state index contributed by atoms with van der Waals surface area (Å²) in [4.78, 5) is 23.0. The summed E-state index contributed by atoms with van der Waals surface area (Å²) in [6.07, 6.45) is 0. The predicted octanol–water partition coefficient (Wildman–Crippen LogP) is 1.45. The third-order valence-corrected chi connectivity index (χ3v) is 3.53. The fourth-order valence-corrected chi connectivity index (χ4v) is 2.25. The molecule has 1 amide bonds. The van der Waals surface area contributed by atoms with Crippen molar-refractivity contribution in [2.24, 2.45) is 0 Å². The van der Waals surface area contributed by atoms with Crippen molar-refractivity contribution in [1.29, 1.82) is 0 Å². The van der Waals surface area contributed by atoms with E-state index >= 15 is 0 Å². The van der Waals surface area contributed by atoms with Gasteiger partial charge in [-0.3, -0.25) is 9.59 Å². The van der Waals surface area contributed by atoms with Gasteiger partial charge in [0, 0.05) is 6.07 Å². The van der Waals surface area contributed by atoms with Crippen LogP contribution in [0.25, 0.3) is 11.3 Å². The maximum Gasteiger partial charge on any atom is 0.325 e. The molecule has 0 spiro atoms. The number of nitrogens with zero attached hydrogens (tertiary/aromatic N) is 1. The standard InChI is InChI=1S/C15H14N2O6/c1-7(15(19)20)16-14(18)12-10-6-22-11-5-8(21-2)3-4-9(11)13(10)23-17-12/h3-5,7H,6H2,1-2H3,(H,16,18)(H,19,20)/t7-/m0/s1. The highest BCUT2D eigenvalue weighted by Crippen LogP contribution is 2.40. The molecule has 0 fully saturated rings. The second-order valence-electron chi connectivity index (χ2n) is 5.02. The SMILES string of the molecule is COc1ccc2c(c1)OCc1c(C(=O)N[C@@H](C)C(=O)O)noc1-2. The van der Waals surface area contributed by atoms with Gasteiger partial charge >= 0.3 is 5.97 Å². The smallest absolute Gasteiger partial charge is 0.325 e. The first-order chi connectivity index (χ1) is 11.0. The zero-order valence-corrected chi connectivity index (χ0v) is 12.5. The number of rotatable bonds is 4. The van der Waals surface area contributed by atoms with Gasteiger partial charge in [0.1, 0.15) is 24.1 Å². The normalized spacial score (nSPS) is 13.3. The lowest BCUT2D eigenvalue weighted by atomic mass is 10.0. The summed E-state index contributed by atoms with van der Waals surface area (Å²) < 4.78 is 16.0. The molecule has 2 heterocycles. The lowest BCUT2D eigenvalue weighted by Crippen LogP contribution is -2.38. The van der Waals surface area contributed by atoms with E-state index in [4.69, 9.17) is 19.1 Å². The maximum absolute atomic E-state index is 12.1. The van der Waals surface area contributed by atoms with Gasteiger partial charge in [-0.15, -0.1) is 0 Å². The molecule has 1 aromatic heterocycles. The molecule has 3 rings (SSSR count). The minimum Gasteiger partial charge on any atom is -0.497 e. The molecule has 2 aromatic rings. The monoisotopic (exact) mass is 318 g/mol. The molecule has 1 aromatic carbocycles. The molecule has 8 nitrogen and oxygen atoms in total. The number of benzene rings is 1. The van der Waals surface area contributed by atoms with Gasteiger partial charge in [-0.2, -0.15) is 0 Å². The Morgan fingerprint density at radius 2 is 2.22 bits per heavy atom. The Bertz CT molecular complexity index is 782. The van der Waals surface area contributed by atoms with Gasteiger partial charge in [0.2, 0.25) is 0 Å². The number of hydrogen-bond acceptors (Lipinski definition) is 6. The van der Waals surface area contributed by atoms with Gasteiger partial charge < -0.3 is 24.4 Å². The van der Waals surface area contributed by atoms with Crippen LogP contribution in [0.3, 0.4) is 0 Å². The van der Waals surface area contributed by atoms with Crippen molar-refractivity contribution in [1.82, 2.24) is 10.5 Å². The number of carbonyl (C=O) groups is 2. The second-order valence-corrected chi connectivity index (χ2v) is 5.02. The van der Waals surface area contributed by atoms with E-state index < -0.39 is 17.9 Å². The predicted molar refractivity (Wildman–Crippen MR) is 77.4 cm³/mol. The lowest BCUT2D eigenvalue weighted by Gasteiger charge is -2.17. The average molecular weight is 318 g/mol. The van der Waals surface area contributed by atoms with Crippen molar-refractivity contribution in [3.8, 4) is 22.8 Å². The summed E-state index contributed by atoms with van der Waals surface area (Å²) >= 11 is 0. The number of fused-ring (bicyclic) bond motifs is 3. The van der Waals surface area contributed by atoms with Crippen molar-refractivity contribution in [3.63, 3.8) is 0 Å². The van der Waals surface area contributed by atoms with E-state index in [1.807, 2.05) is 0 Å². The number of methoxy groups -OCH3 is 1. The van der Waals surface area contributed by atoms with Crippen molar-refractivity contribution in [2.75, 3.05) is 7.11 Å². The van der Waals surface area contributed by atoms with E-state index in [2.05, 4.69) is 10.5 Å². The molecule has 1 aliphatic rings. The highest BCUT2D eigenvalue weighted by atomic mass is 16.5. The fraction of sp³-hybridized carbons (Fsp3) is 0.267. The molecule has 1 atom stereocenters. The Hall–Kier alpha value is -3.03. The number of hydrogen-bond donors (Lipinski definition) is 2. The Labute approximate surface area is 131 Å². The van der Waals surface area contributed by atoms with Crippen LogP contribution in [0.4, 0.5) is 0 Å². The third-order valence-electron chi connectivity index (χ3n) is 3.53. The largest absolute Gasteiger partial charge is 0.497 e. The van der Waals surface area contributed by atoms with Crippen LogP contribution in [0.5, 0.6) is 11.5 Å². The number of carboxylic acid groups (broad SMARTS) is 1.